The molecule has 0 saturated heterocycles. The van der Waals surface area contributed by atoms with Crippen LogP contribution in [0.15, 0.2) is 54.6 Å². The predicted octanol–water partition coefficient (Wildman–Crippen LogP) is 5.50. The lowest BCUT2D eigenvalue weighted by molar-refractivity contribution is 0.305. The summed E-state index contributed by atoms with van der Waals surface area (Å²) in [6, 6.07) is 19.3. The summed E-state index contributed by atoms with van der Waals surface area (Å²) in [6.45, 7) is 0.622. The van der Waals surface area contributed by atoms with Crippen molar-refractivity contribution in [3.8, 4) is 5.75 Å². The van der Waals surface area contributed by atoms with E-state index in [1.807, 2.05) is 6.07 Å². The third-order valence-corrected chi connectivity index (χ3v) is 5.20. The molecule has 1 unspecified atom stereocenters. The quantitative estimate of drug-likeness (QED) is 0.693. The Balaban J connectivity index is 1.57. The zero-order valence-corrected chi connectivity index (χ0v) is 14.7. The minimum absolute atomic E-state index is 0.422. The van der Waals surface area contributed by atoms with Gasteiger partial charge in [0.25, 0.3) is 0 Å². The Bertz CT molecular complexity index is 604. The van der Waals surface area contributed by atoms with Crippen molar-refractivity contribution in [3.63, 3.8) is 0 Å². The van der Waals surface area contributed by atoms with E-state index in [0.29, 0.717) is 12.6 Å². The number of benzene rings is 2. The Morgan fingerprint density at radius 2 is 1.83 bits per heavy atom. The molecular weight excluding hydrogens is 294 g/mol. The smallest absolute Gasteiger partial charge is 0.120 e. The highest BCUT2D eigenvalue weighted by Gasteiger charge is 2.17. The van der Waals surface area contributed by atoms with Gasteiger partial charge in [0.05, 0.1) is 0 Å². The lowest BCUT2D eigenvalue weighted by atomic mass is 9.95. The van der Waals surface area contributed by atoms with Crippen LogP contribution in [0.2, 0.25) is 0 Å². The van der Waals surface area contributed by atoms with Crippen molar-refractivity contribution in [2.75, 3.05) is 7.05 Å². The first-order valence-corrected chi connectivity index (χ1v) is 9.29. The summed E-state index contributed by atoms with van der Waals surface area (Å²) < 4.78 is 5.98. The SMILES string of the molecule is CNC(CCC1CCCC1)c1cccc(OCc2ccccc2)c1. The highest BCUT2D eigenvalue weighted by Crippen LogP contribution is 2.32. The molecule has 2 aromatic rings. The van der Waals surface area contributed by atoms with Crippen LogP contribution >= 0.6 is 0 Å². The maximum Gasteiger partial charge on any atom is 0.120 e. The largest absolute Gasteiger partial charge is 0.489 e. The van der Waals surface area contributed by atoms with Gasteiger partial charge in [-0.15, -0.1) is 0 Å². The van der Waals surface area contributed by atoms with Gasteiger partial charge in [0.2, 0.25) is 0 Å². The van der Waals surface area contributed by atoms with E-state index < -0.39 is 0 Å². The number of hydrogen-bond donors (Lipinski definition) is 1. The zero-order valence-electron chi connectivity index (χ0n) is 14.7. The Hall–Kier alpha value is -1.80. The summed E-state index contributed by atoms with van der Waals surface area (Å²) >= 11 is 0. The third-order valence-electron chi connectivity index (χ3n) is 5.20. The number of ether oxygens (including phenoxy) is 1. The van der Waals surface area contributed by atoms with Crippen molar-refractivity contribution < 1.29 is 4.74 Å². The molecule has 0 spiro atoms. The van der Waals surface area contributed by atoms with Gasteiger partial charge in [-0.1, -0.05) is 68.1 Å². The maximum atomic E-state index is 5.98. The summed E-state index contributed by atoms with van der Waals surface area (Å²) in [4.78, 5) is 0. The molecule has 2 nitrogen and oxygen atoms in total. The van der Waals surface area contributed by atoms with Crippen LogP contribution in [0.4, 0.5) is 0 Å². The number of rotatable bonds is 8. The summed E-state index contributed by atoms with van der Waals surface area (Å²) in [5.74, 6) is 1.90. The first kappa shape index (κ1) is 17.0. The van der Waals surface area contributed by atoms with Crippen LogP contribution in [-0.2, 0) is 6.61 Å². The summed E-state index contributed by atoms with van der Waals surface area (Å²) in [6.07, 6.45) is 8.26. The lowest BCUT2D eigenvalue weighted by Crippen LogP contribution is -2.17. The van der Waals surface area contributed by atoms with E-state index in [0.717, 1.165) is 11.7 Å². The van der Waals surface area contributed by atoms with Gasteiger partial charge < -0.3 is 10.1 Å². The van der Waals surface area contributed by atoms with Crippen LogP contribution in [0.5, 0.6) is 5.75 Å². The molecule has 0 aromatic heterocycles. The van der Waals surface area contributed by atoms with Crippen molar-refractivity contribution in [2.24, 2.45) is 5.92 Å². The molecule has 0 radical (unpaired) electrons. The van der Waals surface area contributed by atoms with E-state index in [4.69, 9.17) is 4.74 Å². The second-order valence-electron chi connectivity index (χ2n) is 6.92. The Kier molecular flexibility index (Phi) is 6.31. The molecule has 1 aliphatic carbocycles. The molecule has 0 amide bonds. The van der Waals surface area contributed by atoms with Crippen LogP contribution in [0.1, 0.15) is 55.7 Å². The Morgan fingerprint density at radius 1 is 1.04 bits per heavy atom. The normalized spacial score (nSPS) is 16.2. The minimum atomic E-state index is 0.422. The fraction of sp³-hybridized carbons (Fsp3) is 0.455. The van der Waals surface area contributed by atoms with Crippen molar-refractivity contribution in [3.05, 3.63) is 65.7 Å². The molecule has 1 fully saturated rings. The first-order chi connectivity index (χ1) is 11.8. The van der Waals surface area contributed by atoms with E-state index in [-0.39, 0.29) is 0 Å². The van der Waals surface area contributed by atoms with Crippen molar-refractivity contribution in [1.82, 2.24) is 5.32 Å². The average Bonchev–Trinajstić information content (AvgIpc) is 3.15. The highest BCUT2D eigenvalue weighted by molar-refractivity contribution is 5.31. The Morgan fingerprint density at radius 3 is 2.58 bits per heavy atom. The zero-order chi connectivity index (χ0) is 16.6. The predicted molar refractivity (Wildman–Crippen MR) is 100 cm³/mol. The monoisotopic (exact) mass is 323 g/mol. The lowest BCUT2D eigenvalue weighted by Gasteiger charge is -2.19. The molecule has 128 valence electrons. The second-order valence-corrected chi connectivity index (χ2v) is 6.92. The fourth-order valence-electron chi connectivity index (χ4n) is 3.74. The second kappa shape index (κ2) is 8.89. The van der Waals surface area contributed by atoms with Crippen molar-refractivity contribution in [2.45, 2.75) is 51.2 Å². The average molecular weight is 323 g/mol. The number of hydrogen-bond acceptors (Lipinski definition) is 2. The highest BCUT2D eigenvalue weighted by atomic mass is 16.5. The van der Waals surface area contributed by atoms with Gasteiger partial charge in [-0.2, -0.15) is 0 Å². The molecule has 1 saturated carbocycles. The van der Waals surface area contributed by atoms with Gasteiger partial charge >= 0.3 is 0 Å². The molecule has 24 heavy (non-hydrogen) atoms. The van der Waals surface area contributed by atoms with Crippen LogP contribution in [0, 0.1) is 5.92 Å². The van der Waals surface area contributed by atoms with E-state index in [2.05, 4.69) is 60.9 Å². The van der Waals surface area contributed by atoms with E-state index in [1.54, 1.807) is 0 Å². The maximum absolute atomic E-state index is 5.98. The standard InChI is InChI=1S/C22H29NO/c1-23-22(15-14-18-8-5-6-9-18)20-12-7-13-21(16-20)24-17-19-10-3-2-4-11-19/h2-4,7,10-13,16,18,22-23H,5-6,8-9,14-15,17H2,1H3. The molecule has 3 rings (SSSR count). The molecule has 0 bridgehead atoms. The third kappa shape index (κ3) is 4.85. The molecule has 1 atom stereocenters. The molecule has 2 heteroatoms. The molecule has 0 aliphatic heterocycles. The molecule has 0 heterocycles. The van der Waals surface area contributed by atoms with Gasteiger partial charge in [-0.25, -0.2) is 0 Å². The van der Waals surface area contributed by atoms with E-state index >= 15 is 0 Å². The molecule has 1 aliphatic rings. The minimum Gasteiger partial charge on any atom is -0.489 e. The Labute approximate surface area is 146 Å². The summed E-state index contributed by atoms with van der Waals surface area (Å²) in [5.41, 5.74) is 2.54. The number of nitrogens with one attached hydrogen (secondary N) is 1. The molecule has 1 N–H and O–H groups in total. The van der Waals surface area contributed by atoms with Gasteiger partial charge in [0, 0.05) is 6.04 Å². The fourth-order valence-corrected chi connectivity index (χ4v) is 3.74. The van der Waals surface area contributed by atoms with Crippen LogP contribution < -0.4 is 10.1 Å². The topological polar surface area (TPSA) is 21.3 Å². The van der Waals surface area contributed by atoms with Crippen molar-refractivity contribution >= 4 is 0 Å². The van der Waals surface area contributed by atoms with Crippen LogP contribution in [0.25, 0.3) is 0 Å². The van der Waals surface area contributed by atoms with Crippen molar-refractivity contribution in [1.29, 1.82) is 0 Å². The first-order valence-electron chi connectivity index (χ1n) is 9.29. The van der Waals surface area contributed by atoms with Gasteiger partial charge in [-0.05, 0) is 49.1 Å². The molecule has 2 aromatic carbocycles. The van der Waals surface area contributed by atoms with Crippen LogP contribution in [-0.4, -0.2) is 7.05 Å². The van der Waals surface area contributed by atoms with Gasteiger partial charge in [0.1, 0.15) is 12.4 Å². The summed E-state index contributed by atoms with van der Waals surface area (Å²) in [5, 5.41) is 3.49. The van der Waals surface area contributed by atoms with Gasteiger partial charge in [0.15, 0.2) is 0 Å². The van der Waals surface area contributed by atoms with Gasteiger partial charge in [-0.3, -0.25) is 0 Å². The molecular formula is C22H29NO. The van der Waals surface area contributed by atoms with Crippen LogP contribution in [0.3, 0.4) is 0 Å². The van der Waals surface area contributed by atoms with E-state index in [9.17, 15) is 0 Å². The van der Waals surface area contributed by atoms with E-state index in [1.165, 1.54) is 49.7 Å². The summed E-state index contributed by atoms with van der Waals surface area (Å²) in [7, 11) is 2.07.